The number of carbonyl (C=O) groups excluding carboxylic acids is 1. The molecule has 1 rings (SSSR count). The normalized spacial score (nSPS) is 11.0. The molecular formula is C14H16N2O4. The van der Waals surface area contributed by atoms with Crippen LogP contribution in [0.25, 0.3) is 0 Å². The third-order valence-electron chi connectivity index (χ3n) is 2.52. The summed E-state index contributed by atoms with van der Waals surface area (Å²) in [5.41, 5.74) is 0.724. The van der Waals surface area contributed by atoms with Gasteiger partial charge in [0.05, 0.1) is 0 Å². The molecule has 0 radical (unpaired) electrons. The number of hydrogen-bond donors (Lipinski definition) is 3. The van der Waals surface area contributed by atoms with Crippen molar-refractivity contribution in [2.75, 3.05) is 11.9 Å². The molecule has 20 heavy (non-hydrogen) atoms. The van der Waals surface area contributed by atoms with Gasteiger partial charge in [-0.25, -0.2) is 9.78 Å². The van der Waals surface area contributed by atoms with Crippen LogP contribution in [-0.4, -0.2) is 33.7 Å². The molecule has 0 fully saturated rings. The van der Waals surface area contributed by atoms with Crippen LogP contribution in [0.15, 0.2) is 42.1 Å². The first-order valence-electron chi connectivity index (χ1n) is 5.92. The number of nitrogens with zero attached hydrogens (tertiary/aromatic N) is 1. The minimum Gasteiger partial charge on any atom is -0.478 e. The van der Waals surface area contributed by atoms with Gasteiger partial charge in [-0.2, -0.15) is 0 Å². The van der Waals surface area contributed by atoms with E-state index in [1.165, 1.54) is 19.2 Å². The number of amides is 1. The van der Waals surface area contributed by atoms with Crippen molar-refractivity contribution >= 4 is 17.7 Å². The molecule has 1 aromatic rings. The summed E-state index contributed by atoms with van der Waals surface area (Å²) in [6.45, 7) is 4.83. The Bertz CT molecular complexity index is 564. The van der Waals surface area contributed by atoms with Gasteiger partial charge >= 0.3 is 5.97 Å². The number of rotatable bonds is 6. The van der Waals surface area contributed by atoms with E-state index in [1.54, 1.807) is 12.1 Å². The average Bonchev–Trinajstić information content (AvgIpc) is 2.40. The number of hydrogen-bond acceptors (Lipinski definition) is 4. The van der Waals surface area contributed by atoms with Crippen LogP contribution in [-0.2, 0) is 16.0 Å². The molecule has 0 aliphatic carbocycles. The Balaban J connectivity index is 2.83. The van der Waals surface area contributed by atoms with Crippen LogP contribution in [0.3, 0.4) is 0 Å². The van der Waals surface area contributed by atoms with E-state index in [2.05, 4.69) is 16.9 Å². The number of pyridine rings is 1. The summed E-state index contributed by atoms with van der Waals surface area (Å²) in [6.07, 6.45) is 3.06. The minimum atomic E-state index is -1.11. The number of carboxylic acid groups (broad SMARTS) is 1. The van der Waals surface area contributed by atoms with Gasteiger partial charge in [0.25, 0.3) is 5.91 Å². The Kier molecular flexibility index (Phi) is 5.61. The van der Waals surface area contributed by atoms with Crippen molar-refractivity contribution in [1.29, 1.82) is 0 Å². The summed E-state index contributed by atoms with van der Waals surface area (Å²) in [6, 6.07) is 3.43. The fourth-order valence-corrected chi connectivity index (χ4v) is 1.45. The van der Waals surface area contributed by atoms with Gasteiger partial charge in [-0.05, 0) is 31.1 Å². The predicted molar refractivity (Wildman–Crippen MR) is 74.2 cm³/mol. The molecule has 0 saturated carbocycles. The van der Waals surface area contributed by atoms with E-state index in [1.807, 2.05) is 0 Å². The van der Waals surface area contributed by atoms with Crippen molar-refractivity contribution in [2.45, 2.75) is 13.3 Å². The zero-order chi connectivity index (χ0) is 15.1. The van der Waals surface area contributed by atoms with Crippen molar-refractivity contribution in [2.24, 2.45) is 0 Å². The molecule has 106 valence electrons. The number of anilines is 1. The second-order valence-electron chi connectivity index (χ2n) is 4.10. The molecule has 1 heterocycles. The number of aromatic nitrogens is 1. The molecule has 0 aliphatic rings. The smallest absolute Gasteiger partial charge is 0.331 e. The maximum atomic E-state index is 11.9. The van der Waals surface area contributed by atoms with E-state index in [-0.39, 0.29) is 17.8 Å². The van der Waals surface area contributed by atoms with E-state index < -0.39 is 11.9 Å². The Hall–Kier alpha value is -2.47. The molecule has 6 nitrogen and oxygen atoms in total. The molecule has 0 aliphatic heterocycles. The first kappa shape index (κ1) is 15.6. The standard InChI is InChI=1S/C14H16N2O4/c1-9(8-10(2)14(19)20)13(18)16-12-11(5-7-17)4-3-6-15-12/h3-4,6,8,17H,1,5,7H2,2H3,(H,19,20)(H,15,16,18). The van der Waals surface area contributed by atoms with E-state index >= 15 is 0 Å². The Labute approximate surface area is 116 Å². The SMILES string of the molecule is C=C(C=C(C)C(=O)O)C(=O)Nc1ncccc1CCO. The zero-order valence-electron chi connectivity index (χ0n) is 11.1. The molecule has 0 atom stereocenters. The van der Waals surface area contributed by atoms with Gasteiger partial charge in [0, 0.05) is 23.9 Å². The predicted octanol–water partition coefficient (Wildman–Crippen LogP) is 1.14. The third-order valence-corrected chi connectivity index (χ3v) is 2.52. The summed E-state index contributed by atoms with van der Waals surface area (Å²) in [4.78, 5) is 26.6. The van der Waals surface area contributed by atoms with Gasteiger partial charge < -0.3 is 15.5 Å². The zero-order valence-corrected chi connectivity index (χ0v) is 11.1. The number of carbonyl (C=O) groups is 2. The Morgan fingerprint density at radius 3 is 2.80 bits per heavy atom. The monoisotopic (exact) mass is 276 g/mol. The van der Waals surface area contributed by atoms with Gasteiger partial charge in [0.2, 0.25) is 0 Å². The summed E-state index contributed by atoms with van der Waals surface area (Å²) in [5, 5.41) is 20.2. The van der Waals surface area contributed by atoms with E-state index in [9.17, 15) is 9.59 Å². The van der Waals surface area contributed by atoms with E-state index in [0.717, 1.165) is 0 Å². The van der Waals surface area contributed by atoms with Crippen molar-refractivity contribution < 1.29 is 19.8 Å². The van der Waals surface area contributed by atoms with E-state index in [0.29, 0.717) is 17.8 Å². The van der Waals surface area contributed by atoms with Crippen LogP contribution < -0.4 is 5.32 Å². The first-order chi connectivity index (χ1) is 9.45. The molecule has 1 amide bonds. The first-order valence-corrected chi connectivity index (χ1v) is 5.92. The third kappa shape index (κ3) is 4.33. The van der Waals surface area contributed by atoms with Crippen LogP contribution in [0.1, 0.15) is 12.5 Å². The lowest BCUT2D eigenvalue weighted by atomic mass is 10.1. The molecule has 0 saturated heterocycles. The molecular weight excluding hydrogens is 260 g/mol. The lowest BCUT2D eigenvalue weighted by molar-refractivity contribution is -0.132. The average molecular weight is 276 g/mol. The quantitative estimate of drug-likeness (QED) is 0.534. The molecule has 0 unspecified atom stereocenters. The van der Waals surface area contributed by atoms with Gasteiger partial charge in [-0.1, -0.05) is 12.6 Å². The number of carboxylic acids is 1. The van der Waals surface area contributed by atoms with Gasteiger partial charge in [-0.3, -0.25) is 4.79 Å². The number of aliphatic hydroxyl groups excluding tert-OH is 1. The van der Waals surface area contributed by atoms with Crippen molar-refractivity contribution in [3.63, 3.8) is 0 Å². The highest BCUT2D eigenvalue weighted by atomic mass is 16.4. The van der Waals surface area contributed by atoms with Crippen molar-refractivity contribution in [3.05, 3.63) is 47.7 Å². The second-order valence-corrected chi connectivity index (χ2v) is 4.10. The maximum absolute atomic E-state index is 11.9. The van der Waals surface area contributed by atoms with Crippen LogP contribution in [0.4, 0.5) is 5.82 Å². The highest BCUT2D eigenvalue weighted by Crippen LogP contribution is 2.13. The molecule has 3 N–H and O–H groups in total. The van der Waals surface area contributed by atoms with Crippen molar-refractivity contribution in [1.82, 2.24) is 4.98 Å². The van der Waals surface area contributed by atoms with Crippen molar-refractivity contribution in [3.8, 4) is 0 Å². The van der Waals surface area contributed by atoms with Gasteiger partial charge in [0.1, 0.15) is 5.82 Å². The molecule has 0 aromatic carbocycles. The lowest BCUT2D eigenvalue weighted by Crippen LogP contribution is -2.16. The second kappa shape index (κ2) is 7.20. The topological polar surface area (TPSA) is 99.5 Å². The molecule has 0 spiro atoms. The fraction of sp³-hybridized carbons (Fsp3) is 0.214. The van der Waals surface area contributed by atoms with Gasteiger partial charge in [0.15, 0.2) is 0 Å². The molecule has 1 aromatic heterocycles. The Morgan fingerprint density at radius 2 is 2.20 bits per heavy atom. The van der Waals surface area contributed by atoms with E-state index in [4.69, 9.17) is 10.2 Å². The summed E-state index contributed by atoms with van der Waals surface area (Å²) >= 11 is 0. The summed E-state index contributed by atoms with van der Waals surface area (Å²) in [7, 11) is 0. The number of aliphatic carboxylic acids is 1. The number of nitrogens with one attached hydrogen (secondary N) is 1. The largest absolute Gasteiger partial charge is 0.478 e. The highest BCUT2D eigenvalue weighted by molar-refractivity contribution is 6.06. The van der Waals surface area contributed by atoms with Crippen LogP contribution >= 0.6 is 0 Å². The van der Waals surface area contributed by atoms with Crippen LogP contribution in [0, 0.1) is 0 Å². The highest BCUT2D eigenvalue weighted by Gasteiger charge is 2.11. The summed E-state index contributed by atoms with van der Waals surface area (Å²) in [5.74, 6) is -1.32. The lowest BCUT2D eigenvalue weighted by Gasteiger charge is -2.09. The van der Waals surface area contributed by atoms with Crippen LogP contribution in [0.5, 0.6) is 0 Å². The fourth-order valence-electron chi connectivity index (χ4n) is 1.45. The minimum absolute atomic E-state index is 0.0155. The Morgan fingerprint density at radius 1 is 1.50 bits per heavy atom. The summed E-state index contributed by atoms with van der Waals surface area (Å²) < 4.78 is 0. The maximum Gasteiger partial charge on any atom is 0.331 e. The van der Waals surface area contributed by atoms with Crippen LogP contribution in [0.2, 0.25) is 0 Å². The molecule has 6 heteroatoms. The molecule has 0 bridgehead atoms. The number of aliphatic hydroxyl groups is 1. The van der Waals surface area contributed by atoms with Gasteiger partial charge in [-0.15, -0.1) is 0 Å².